The molecule has 5 heteroatoms. The molecule has 0 aromatic carbocycles. The summed E-state index contributed by atoms with van der Waals surface area (Å²) in [7, 11) is 1.73. The average molecular weight is 281 g/mol. The molecule has 1 N–H and O–H groups in total. The van der Waals surface area contributed by atoms with Gasteiger partial charge in [0.2, 0.25) is 0 Å². The van der Waals surface area contributed by atoms with Crippen molar-refractivity contribution in [2.45, 2.75) is 38.3 Å². The second-order valence-corrected chi connectivity index (χ2v) is 6.70. The van der Waals surface area contributed by atoms with E-state index < -0.39 is 0 Å². The summed E-state index contributed by atoms with van der Waals surface area (Å²) in [6.45, 7) is 3.80. The largest absolute Gasteiger partial charge is 0.383 e. The predicted octanol–water partition coefficient (Wildman–Crippen LogP) is 2.26. The van der Waals surface area contributed by atoms with Crippen molar-refractivity contribution < 1.29 is 4.74 Å². The van der Waals surface area contributed by atoms with Crippen LogP contribution in [0, 0.1) is 5.92 Å². The van der Waals surface area contributed by atoms with Gasteiger partial charge in [0.1, 0.15) is 0 Å². The maximum absolute atomic E-state index is 5.03. The average Bonchev–Trinajstić information content (AvgIpc) is 3.31. The molecule has 0 radical (unpaired) electrons. The zero-order valence-electron chi connectivity index (χ0n) is 11.6. The Kier molecular flexibility index (Phi) is 4.35. The van der Waals surface area contributed by atoms with E-state index in [1.165, 1.54) is 42.2 Å². The summed E-state index contributed by atoms with van der Waals surface area (Å²) in [5.41, 5.74) is 0. The van der Waals surface area contributed by atoms with Crippen LogP contribution in [0.15, 0.2) is 6.20 Å². The molecule has 0 unspecified atom stereocenters. The Balaban J connectivity index is 1.52. The molecule has 1 aromatic heterocycles. The second-order valence-electron chi connectivity index (χ2n) is 5.61. The van der Waals surface area contributed by atoms with Gasteiger partial charge in [-0.15, -0.1) is 11.3 Å². The fourth-order valence-electron chi connectivity index (χ4n) is 2.25. The monoisotopic (exact) mass is 281 g/mol. The van der Waals surface area contributed by atoms with Crippen molar-refractivity contribution >= 4 is 16.5 Å². The number of nitrogens with zero attached hydrogens (tertiary/aromatic N) is 2. The topological polar surface area (TPSA) is 37.4 Å². The van der Waals surface area contributed by atoms with Gasteiger partial charge in [-0.25, -0.2) is 4.98 Å². The number of thiazole rings is 1. The molecule has 0 atom stereocenters. The molecule has 0 saturated heterocycles. The molecule has 2 saturated carbocycles. The van der Waals surface area contributed by atoms with Crippen LogP contribution >= 0.6 is 11.3 Å². The molecule has 0 bridgehead atoms. The van der Waals surface area contributed by atoms with Crippen LogP contribution in [0.25, 0.3) is 0 Å². The number of aromatic nitrogens is 1. The molecule has 19 heavy (non-hydrogen) atoms. The highest BCUT2D eigenvalue weighted by atomic mass is 32.1. The normalized spacial score (nSPS) is 18.8. The molecular formula is C14H23N3OS. The third kappa shape index (κ3) is 3.91. The van der Waals surface area contributed by atoms with Crippen LogP contribution in [-0.2, 0) is 11.3 Å². The van der Waals surface area contributed by atoms with Crippen LogP contribution in [0.4, 0.5) is 5.13 Å². The van der Waals surface area contributed by atoms with E-state index in [1.54, 1.807) is 7.11 Å². The van der Waals surface area contributed by atoms with Gasteiger partial charge in [-0.2, -0.15) is 0 Å². The summed E-state index contributed by atoms with van der Waals surface area (Å²) in [4.78, 5) is 8.51. The zero-order chi connectivity index (χ0) is 13.1. The van der Waals surface area contributed by atoms with Crippen molar-refractivity contribution in [2.75, 3.05) is 31.7 Å². The van der Waals surface area contributed by atoms with Gasteiger partial charge in [-0.3, -0.25) is 0 Å². The van der Waals surface area contributed by atoms with Gasteiger partial charge >= 0.3 is 0 Å². The Morgan fingerprint density at radius 1 is 1.42 bits per heavy atom. The van der Waals surface area contributed by atoms with E-state index in [9.17, 15) is 0 Å². The number of ether oxygens (including phenoxy) is 1. The summed E-state index contributed by atoms with van der Waals surface area (Å²) in [6, 6.07) is 0.779. The molecule has 2 aliphatic carbocycles. The van der Waals surface area contributed by atoms with Crippen LogP contribution in [-0.4, -0.2) is 37.8 Å². The molecule has 106 valence electrons. The molecule has 1 aromatic rings. The highest BCUT2D eigenvalue weighted by molar-refractivity contribution is 7.15. The highest BCUT2D eigenvalue weighted by Crippen LogP contribution is 2.38. The van der Waals surface area contributed by atoms with Gasteiger partial charge in [0.15, 0.2) is 5.13 Å². The quantitative estimate of drug-likeness (QED) is 0.705. The van der Waals surface area contributed by atoms with Crippen molar-refractivity contribution in [3.8, 4) is 0 Å². The molecule has 0 aliphatic heterocycles. The van der Waals surface area contributed by atoms with E-state index in [0.717, 1.165) is 31.7 Å². The number of hydrogen-bond acceptors (Lipinski definition) is 5. The van der Waals surface area contributed by atoms with Gasteiger partial charge in [0.25, 0.3) is 0 Å². The van der Waals surface area contributed by atoms with Crippen molar-refractivity contribution in [1.82, 2.24) is 10.3 Å². The first-order valence-electron chi connectivity index (χ1n) is 7.28. The third-order valence-electron chi connectivity index (χ3n) is 3.71. The highest BCUT2D eigenvalue weighted by Gasteiger charge is 2.35. The van der Waals surface area contributed by atoms with Gasteiger partial charge in [0, 0.05) is 43.9 Å². The first-order chi connectivity index (χ1) is 9.36. The predicted molar refractivity (Wildman–Crippen MR) is 78.8 cm³/mol. The fraction of sp³-hybridized carbons (Fsp3) is 0.786. The van der Waals surface area contributed by atoms with Crippen molar-refractivity contribution in [3.05, 3.63) is 11.1 Å². The number of rotatable bonds is 9. The number of hydrogen-bond donors (Lipinski definition) is 1. The van der Waals surface area contributed by atoms with E-state index in [2.05, 4.69) is 15.2 Å². The van der Waals surface area contributed by atoms with Crippen LogP contribution < -0.4 is 10.2 Å². The summed E-state index contributed by atoms with van der Waals surface area (Å²) in [6.07, 6.45) is 7.57. The minimum atomic E-state index is 0.765. The number of methoxy groups -OCH3 is 1. The minimum absolute atomic E-state index is 0.765. The standard InChI is InChI=1S/C14H23N3OS/c1-18-7-6-15-8-13-9-16-14(19-13)17(12-4-5-12)10-11-2-3-11/h9,11-12,15H,2-8,10H2,1H3. The van der Waals surface area contributed by atoms with Crippen molar-refractivity contribution in [1.29, 1.82) is 0 Å². The summed E-state index contributed by atoms with van der Waals surface area (Å²) in [5.74, 6) is 0.938. The van der Waals surface area contributed by atoms with E-state index in [-0.39, 0.29) is 0 Å². The van der Waals surface area contributed by atoms with Crippen LogP contribution in [0.2, 0.25) is 0 Å². The minimum Gasteiger partial charge on any atom is -0.383 e. The lowest BCUT2D eigenvalue weighted by Crippen LogP contribution is -2.27. The van der Waals surface area contributed by atoms with Crippen LogP contribution in [0.1, 0.15) is 30.6 Å². The lowest BCUT2D eigenvalue weighted by Gasteiger charge is -2.21. The first-order valence-corrected chi connectivity index (χ1v) is 8.09. The van der Waals surface area contributed by atoms with Crippen LogP contribution in [0.3, 0.4) is 0 Å². The van der Waals surface area contributed by atoms with Crippen molar-refractivity contribution in [3.63, 3.8) is 0 Å². The Hall–Kier alpha value is -0.650. The molecular weight excluding hydrogens is 258 g/mol. The van der Waals surface area contributed by atoms with E-state index in [0.29, 0.717) is 0 Å². The molecule has 0 spiro atoms. The smallest absolute Gasteiger partial charge is 0.185 e. The Morgan fingerprint density at radius 2 is 2.26 bits per heavy atom. The second kappa shape index (κ2) is 6.20. The summed E-state index contributed by atoms with van der Waals surface area (Å²) < 4.78 is 5.03. The number of anilines is 1. The summed E-state index contributed by atoms with van der Waals surface area (Å²) >= 11 is 1.85. The van der Waals surface area contributed by atoms with Gasteiger partial charge in [-0.1, -0.05) is 0 Å². The van der Waals surface area contributed by atoms with Gasteiger partial charge in [-0.05, 0) is 31.6 Å². The third-order valence-corrected chi connectivity index (χ3v) is 4.74. The Bertz CT molecular complexity index is 401. The van der Waals surface area contributed by atoms with Crippen LogP contribution in [0.5, 0.6) is 0 Å². The van der Waals surface area contributed by atoms with E-state index in [4.69, 9.17) is 4.74 Å². The van der Waals surface area contributed by atoms with Gasteiger partial charge in [0.05, 0.1) is 6.61 Å². The van der Waals surface area contributed by atoms with E-state index in [1.807, 2.05) is 17.5 Å². The molecule has 2 fully saturated rings. The maximum Gasteiger partial charge on any atom is 0.185 e. The first kappa shape index (κ1) is 13.3. The molecule has 4 nitrogen and oxygen atoms in total. The molecule has 2 aliphatic rings. The Labute approximate surface area is 119 Å². The number of nitrogens with one attached hydrogen (secondary N) is 1. The van der Waals surface area contributed by atoms with E-state index >= 15 is 0 Å². The fourth-order valence-corrected chi connectivity index (χ4v) is 3.21. The Morgan fingerprint density at radius 3 is 2.95 bits per heavy atom. The molecule has 3 rings (SSSR count). The molecule has 0 amide bonds. The molecule has 1 heterocycles. The lowest BCUT2D eigenvalue weighted by atomic mass is 10.4. The SMILES string of the molecule is COCCNCc1cnc(N(CC2CC2)C2CC2)s1. The summed E-state index contributed by atoms with van der Waals surface area (Å²) in [5, 5.41) is 4.61. The zero-order valence-corrected chi connectivity index (χ0v) is 12.4. The lowest BCUT2D eigenvalue weighted by molar-refractivity contribution is 0.199. The maximum atomic E-state index is 5.03. The van der Waals surface area contributed by atoms with Crippen molar-refractivity contribution in [2.24, 2.45) is 5.92 Å². The van der Waals surface area contributed by atoms with Gasteiger partial charge < -0.3 is 15.0 Å².